The molecule has 0 aliphatic carbocycles. The fraction of sp³-hybridized carbons (Fsp3) is 0.192. The highest BCUT2D eigenvalue weighted by Gasteiger charge is 2.39. The Morgan fingerprint density at radius 1 is 1.20 bits per heavy atom. The van der Waals surface area contributed by atoms with Gasteiger partial charge in [0.1, 0.15) is 18.1 Å². The van der Waals surface area contributed by atoms with E-state index in [4.69, 9.17) is 14.2 Å². The van der Waals surface area contributed by atoms with Crippen LogP contribution in [0.4, 0.5) is 0 Å². The topological polar surface area (TPSA) is 99.4 Å². The van der Waals surface area contributed by atoms with Gasteiger partial charge in [-0.05, 0) is 36.3 Å². The van der Waals surface area contributed by atoms with E-state index in [2.05, 4.69) is 4.99 Å². The summed E-state index contributed by atoms with van der Waals surface area (Å²) in [5.74, 6) is -0.129. The van der Waals surface area contributed by atoms with Crippen molar-refractivity contribution >= 4 is 23.4 Å². The zero-order chi connectivity index (χ0) is 24.5. The van der Waals surface area contributed by atoms with Gasteiger partial charge in [0.15, 0.2) is 10.6 Å². The summed E-state index contributed by atoms with van der Waals surface area (Å²) in [6.07, 6.45) is 3.08. The van der Waals surface area contributed by atoms with Crippen molar-refractivity contribution < 1.29 is 24.1 Å². The highest BCUT2D eigenvalue weighted by atomic mass is 32.1. The number of aromatic nitrogens is 1. The standard InChI is InChI=1S/C26H22N2O6S/c1-15-22(25(31)32-2)23(19-14-33-21(34-19)13-16-6-4-3-5-7-16)28-24(30)20(35-26(28)27-15)12-17-8-10-18(29)11-9-17/h3-12,14,21,23,29H,13H2,1-2H3. The van der Waals surface area contributed by atoms with Crippen LogP contribution in [0.3, 0.4) is 0 Å². The van der Waals surface area contributed by atoms with E-state index in [1.54, 1.807) is 37.3 Å². The Kier molecular flexibility index (Phi) is 6.00. The Balaban J connectivity index is 1.56. The number of methoxy groups -OCH3 is 1. The maximum Gasteiger partial charge on any atom is 0.338 e. The van der Waals surface area contributed by atoms with Gasteiger partial charge in [-0.3, -0.25) is 9.36 Å². The lowest BCUT2D eigenvalue weighted by molar-refractivity contribution is -0.137. The summed E-state index contributed by atoms with van der Waals surface area (Å²) < 4.78 is 18.7. The van der Waals surface area contributed by atoms with Crippen molar-refractivity contribution in [3.05, 3.63) is 109 Å². The van der Waals surface area contributed by atoms with Crippen molar-refractivity contribution in [3.8, 4) is 5.75 Å². The number of hydrogen-bond donors (Lipinski definition) is 1. The van der Waals surface area contributed by atoms with Crippen LogP contribution in [0.15, 0.2) is 87.7 Å². The second-order valence-corrected chi connectivity index (χ2v) is 9.07. The summed E-state index contributed by atoms with van der Waals surface area (Å²) in [6, 6.07) is 15.4. The zero-order valence-corrected chi connectivity index (χ0v) is 19.8. The molecule has 2 unspecified atom stereocenters. The number of benzene rings is 2. The molecule has 178 valence electrons. The molecule has 2 atom stereocenters. The van der Waals surface area contributed by atoms with Gasteiger partial charge in [-0.15, -0.1) is 0 Å². The molecule has 0 radical (unpaired) electrons. The third kappa shape index (κ3) is 4.38. The Labute approximate surface area is 204 Å². The number of allylic oxidation sites excluding steroid dienone is 2. The van der Waals surface area contributed by atoms with E-state index in [0.29, 0.717) is 27.2 Å². The van der Waals surface area contributed by atoms with Crippen LogP contribution in [0.1, 0.15) is 24.1 Å². The molecule has 8 nitrogen and oxygen atoms in total. The Morgan fingerprint density at radius 2 is 1.94 bits per heavy atom. The fourth-order valence-electron chi connectivity index (χ4n) is 4.06. The summed E-state index contributed by atoms with van der Waals surface area (Å²) in [5, 5.41) is 9.54. The van der Waals surface area contributed by atoms with Gasteiger partial charge in [-0.1, -0.05) is 53.8 Å². The molecule has 0 amide bonds. The smallest absolute Gasteiger partial charge is 0.338 e. The lowest BCUT2D eigenvalue weighted by Gasteiger charge is -2.24. The molecule has 0 fully saturated rings. The molecule has 35 heavy (non-hydrogen) atoms. The number of aromatic hydroxyl groups is 1. The highest BCUT2D eigenvalue weighted by Crippen LogP contribution is 2.35. The van der Waals surface area contributed by atoms with Gasteiger partial charge in [0, 0.05) is 6.42 Å². The molecule has 3 aromatic rings. The lowest BCUT2D eigenvalue weighted by Crippen LogP contribution is -2.40. The Hall–Kier alpha value is -4.11. The summed E-state index contributed by atoms with van der Waals surface area (Å²) in [5.41, 5.74) is 2.11. The molecule has 0 saturated heterocycles. The molecule has 5 rings (SSSR count). The number of nitrogens with zero attached hydrogens (tertiary/aromatic N) is 2. The van der Waals surface area contributed by atoms with E-state index < -0.39 is 18.3 Å². The van der Waals surface area contributed by atoms with Gasteiger partial charge >= 0.3 is 5.97 Å². The first-order valence-electron chi connectivity index (χ1n) is 10.9. The van der Waals surface area contributed by atoms with Crippen molar-refractivity contribution in [3.63, 3.8) is 0 Å². The number of fused-ring (bicyclic) bond motifs is 1. The summed E-state index contributed by atoms with van der Waals surface area (Å²) in [7, 11) is 1.29. The summed E-state index contributed by atoms with van der Waals surface area (Å²) >= 11 is 1.21. The second-order valence-electron chi connectivity index (χ2n) is 8.06. The van der Waals surface area contributed by atoms with E-state index >= 15 is 0 Å². The van der Waals surface area contributed by atoms with Crippen LogP contribution in [0.25, 0.3) is 6.08 Å². The predicted molar refractivity (Wildman–Crippen MR) is 129 cm³/mol. The second kappa shape index (κ2) is 9.27. The number of thiazole rings is 1. The Bertz CT molecular complexity index is 1520. The van der Waals surface area contributed by atoms with E-state index in [-0.39, 0.29) is 16.9 Å². The minimum atomic E-state index is -0.874. The van der Waals surface area contributed by atoms with Crippen LogP contribution in [0.2, 0.25) is 0 Å². The Morgan fingerprint density at radius 3 is 2.66 bits per heavy atom. The summed E-state index contributed by atoms with van der Waals surface area (Å²) in [4.78, 5) is 31.2. The number of carbonyl (C=O) groups is 1. The first kappa shape index (κ1) is 22.7. The van der Waals surface area contributed by atoms with Crippen molar-refractivity contribution in [1.29, 1.82) is 0 Å². The van der Waals surface area contributed by atoms with Crippen LogP contribution in [-0.4, -0.2) is 29.0 Å². The quantitative estimate of drug-likeness (QED) is 0.552. The lowest BCUT2D eigenvalue weighted by atomic mass is 10.0. The predicted octanol–water partition coefficient (Wildman–Crippen LogP) is 2.52. The average molecular weight is 491 g/mol. The van der Waals surface area contributed by atoms with Gasteiger partial charge in [-0.25, -0.2) is 9.79 Å². The molecule has 2 aliphatic rings. The van der Waals surface area contributed by atoms with E-state index in [1.165, 1.54) is 29.3 Å². The van der Waals surface area contributed by atoms with Crippen molar-refractivity contribution in [2.75, 3.05) is 7.11 Å². The SMILES string of the molecule is COC(=O)C1=C(C)N=c2sc(=Cc3ccc(O)cc3)c(=O)n2C1C1=COC(Cc2ccccc2)O1. The maximum atomic E-state index is 13.5. The first-order valence-corrected chi connectivity index (χ1v) is 11.7. The average Bonchev–Trinajstić information content (AvgIpc) is 3.44. The highest BCUT2D eigenvalue weighted by molar-refractivity contribution is 7.07. The molecule has 0 saturated carbocycles. The van der Waals surface area contributed by atoms with Gasteiger partial charge in [0.2, 0.25) is 6.29 Å². The minimum Gasteiger partial charge on any atom is -0.508 e. The number of esters is 1. The number of hydrogen-bond acceptors (Lipinski definition) is 8. The number of carbonyl (C=O) groups excluding carboxylic acids is 1. The molecule has 1 aromatic heterocycles. The molecular weight excluding hydrogens is 468 g/mol. The van der Waals surface area contributed by atoms with E-state index in [0.717, 1.165) is 11.1 Å². The van der Waals surface area contributed by atoms with Crippen LogP contribution in [-0.2, 0) is 25.4 Å². The largest absolute Gasteiger partial charge is 0.508 e. The molecule has 2 aliphatic heterocycles. The first-order chi connectivity index (χ1) is 16.9. The van der Waals surface area contributed by atoms with Crippen LogP contribution in [0, 0.1) is 0 Å². The number of phenolic OH excluding ortho intramolecular Hbond substituents is 1. The van der Waals surface area contributed by atoms with Gasteiger partial charge in [0.25, 0.3) is 5.56 Å². The fourth-order valence-corrected chi connectivity index (χ4v) is 5.11. The zero-order valence-electron chi connectivity index (χ0n) is 19.0. The molecule has 2 aromatic carbocycles. The van der Waals surface area contributed by atoms with Crippen molar-refractivity contribution in [2.24, 2.45) is 4.99 Å². The van der Waals surface area contributed by atoms with Crippen molar-refractivity contribution in [2.45, 2.75) is 25.7 Å². The molecule has 0 spiro atoms. The van der Waals surface area contributed by atoms with Crippen molar-refractivity contribution in [1.82, 2.24) is 4.57 Å². The molecular formula is C26H22N2O6S. The van der Waals surface area contributed by atoms with Gasteiger partial charge in [0.05, 0.1) is 22.9 Å². The molecule has 1 N–H and O–H groups in total. The summed E-state index contributed by atoms with van der Waals surface area (Å²) in [6.45, 7) is 1.70. The monoisotopic (exact) mass is 490 g/mol. The molecule has 9 heteroatoms. The van der Waals surface area contributed by atoms with Gasteiger partial charge < -0.3 is 19.3 Å². The third-order valence-corrected chi connectivity index (χ3v) is 6.72. The molecule has 3 heterocycles. The maximum absolute atomic E-state index is 13.5. The van der Waals surface area contributed by atoms with Crippen LogP contribution >= 0.6 is 11.3 Å². The van der Waals surface area contributed by atoms with Gasteiger partial charge in [-0.2, -0.15) is 0 Å². The number of rotatable bonds is 5. The number of phenols is 1. The van der Waals surface area contributed by atoms with E-state index in [9.17, 15) is 14.7 Å². The minimum absolute atomic E-state index is 0.136. The van der Waals surface area contributed by atoms with Crippen LogP contribution in [0.5, 0.6) is 5.75 Å². The van der Waals surface area contributed by atoms with E-state index in [1.807, 2.05) is 30.3 Å². The van der Waals surface area contributed by atoms with Crippen LogP contribution < -0.4 is 14.9 Å². The molecule has 0 bridgehead atoms. The normalized spacial score (nSPS) is 19.4. The third-order valence-electron chi connectivity index (χ3n) is 5.74. The number of ether oxygens (including phenoxy) is 3.